The zero-order valence-electron chi connectivity index (χ0n) is 12.4. The molecule has 0 saturated heterocycles. The summed E-state index contributed by atoms with van der Waals surface area (Å²) in [4.78, 5) is 12.7. The van der Waals surface area contributed by atoms with Crippen molar-refractivity contribution in [3.05, 3.63) is 41.4 Å². The highest BCUT2D eigenvalue weighted by Gasteiger charge is 2.24. The Kier molecular flexibility index (Phi) is 6.12. The number of aliphatic hydroxyl groups excluding tert-OH is 1. The van der Waals surface area contributed by atoms with Crippen molar-refractivity contribution in [3.8, 4) is 11.4 Å². The van der Waals surface area contributed by atoms with E-state index in [1.165, 1.54) is 12.1 Å². The first kappa shape index (κ1) is 17.4. The van der Waals surface area contributed by atoms with Crippen LogP contribution in [-0.4, -0.2) is 32.3 Å². The number of aromatic nitrogens is 2. The summed E-state index contributed by atoms with van der Waals surface area (Å²) in [6.07, 6.45) is 6.96. The van der Waals surface area contributed by atoms with Crippen LogP contribution in [0.1, 0.15) is 31.7 Å². The highest BCUT2D eigenvalue weighted by molar-refractivity contribution is 6.33. The summed E-state index contributed by atoms with van der Waals surface area (Å²) in [5.74, 6) is 0.374. The molecule has 1 aliphatic rings. The molecule has 23 heavy (non-hydrogen) atoms. The molecular weight excluding hydrogens is 323 g/mol. The lowest BCUT2D eigenvalue weighted by Crippen LogP contribution is -2.22. The Bertz CT molecular complexity index is 663. The summed E-state index contributed by atoms with van der Waals surface area (Å²) < 4.78 is 15.2. The molecule has 1 fully saturated rings. The van der Waals surface area contributed by atoms with Gasteiger partial charge in [-0.3, -0.25) is 4.79 Å². The standard InChI is InChI=1S/C15H16ClFN2O.CH2O2/c16-14-8-10(17)4-5-13(14)15-18-6-7-19(15)11-2-1-3-12(20)9-11;2-1-3/h4-8,11-12,20H,1-3,9H2;1H,(H,2,3)/t11-,12+;/m1./s1. The summed E-state index contributed by atoms with van der Waals surface area (Å²) >= 11 is 6.12. The van der Waals surface area contributed by atoms with Gasteiger partial charge in [-0.1, -0.05) is 11.6 Å². The van der Waals surface area contributed by atoms with Crippen molar-refractivity contribution in [2.24, 2.45) is 0 Å². The van der Waals surface area contributed by atoms with E-state index in [1.54, 1.807) is 12.3 Å². The molecule has 1 heterocycles. The Balaban J connectivity index is 0.000000595. The normalized spacial score (nSPS) is 20.5. The third kappa shape index (κ3) is 4.30. The first-order valence-electron chi connectivity index (χ1n) is 7.31. The van der Waals surface area contributed by atoms with Gasteiger partial charge in [0.1, 0.15) is 11.6 Å². The molecule has 0 aliphatic heterocycles. The van der Waals surface area contributed by atoms with Crippen LogP contribution in [-0.2, 0) is 4.79 Å². The van der Waals surface area contributed by atoms with Crippen molar-refractivity contribution in [1.29, 1.82) is 0 Å². The third-order valence-electron chi connectivity index (χ3n) is 3.85. The molecule has 0 bridgehead atoms. The van der Waals surface area contributed by atoms with Crippen molar-refractivity contribution in [2.45, 2.75) is 37.8 Å². The number of carbonyl (C=O) groups is 1. The molecule has 0 unspecified atom stereocenters. The van der Waals surface area contributed by atoms with Gasteiger partial charge in [-0.05, 0) is 43.9 Å². The maximum Gasteiger partial charge on any atom is 0.290 e. The van der Waals surface area contributed by atoms with E-state index in [0.717, 1.165) is 37.1 Å². The monoisotopic (exact) mass is 340 g/mol. The SMILES string of the molecule is O=CO.O[C@H]1CCC[C@@H](n2ccnc2-c2ccc(F)cc2Cl)C1. The van der Waals surface area contributed by atoms with Crippen molar-refractivity contribution in [1.82, 2.24) is 9.55 Å². The number of benzene rings is 1. The van der Waals surface area contributed by atoms with E-state index in [2.05, 4.69) is 4.98 Å². The number of carboxylic acid groups (broad SMARTS) is 1. The van der Waals surface area contributed by atoms with Crippen LogP contribution in [0.2, 0.25) is 5.02 Å². The van der Waals surface area contributed by atoms with E-state index in [4.69, 9.17) is 21.5 Å². The van der Waals surface area contributed by atoms with Gasteiger partial charge in [0.2, 0.25) is 0 Å². The molecule has 0 radical (unpaired) electrons. The van der Waals surface area contributed by atoms with E-state index in [1.807, 2.05) is 10.8 Å². The van der Waals surface area contributed by atoms with E-state index in [-0.39, 0.29) is 24.4 Å². The maximum atomic E-state index is 13.2. The number of nitrogens with zero attached hydrogens (tertiary/aromatic N) is 2. The molecule has 2 atom stereocenters. The van der Waals surface area contributed by atoms with Crippen LogP contribution in [0.5, 0.6) is 0 Å². The number of rotatable bonds is 2. The quantitative estimate of drug-likeness (QED) is 0.820. The minimum atomic E-state index is -0.357. The fraction of sp³-hybridized carbons (Fsp3) is 0.375. The Hall–Kier alpha value is -1.92. The van der Waals surface area contributed by atoms with Gasteiger partial charge < -0.3 is 14.8 Å². The molecule has 0 spiro atoms. The predicted molar refractivity (Wildman–Crippen MR) is 84.8 cm³/mol. The first-order valence-corrected chi connectivity index (χ1v) is 7.68. The van der Waals surface area contributed by atoms with Gasteiger partial charge in [0, 0.05) is 24.0 Å². The van der Waals surface area contributed by atoms with Gasteiger partial charge >= 0.3 is 0 Å². The van der Waals surface area contributed by atoms with Crippen LogP contribution < -0.4 is 0 Å². The molecule has 2 aromatic rings. The summed E-state index contributed by atoms with van der Waals surface area (Å²) in [6.45, 7) is -0.250. The van der Waals surface area contributed by atoms with E-state index >= 15 is 0 Å². The molecule has 1 saturated carbocycles. The Morgan fingerprint density at radius 3 is 2.78 bits per heavy atom. The van der Waals surface area contributed by atoms with E-state index < -0.39 is 0 Å². The summed E-state index contributed by atoms with van der Waals surface area (Å²) in [5, 5.41) is 17.1. The van der Waals surface area contributed by atoms with Gasteiger partial charge in [0.15, 0.2) is 0 Å². The zero-order valence-corrected chi connectivity index (χ0v) is 13.2. The van der Waals surface area contributed by atoms with Crippen molar-refractivity contribution < 1.29 is 19.4 Å². The van der Waals surface area contributed by atoms with Crippen molar-refractivity contribution >= 4 is 18.1 Å². The molecule has 124 valence electrons. The van der Waals surface area contributed by atoms with E-state index in [9.17, 15) is 9.50 Å². The van der Waals surface area contributed by atoms with Crippen molar-refractivity contribution in [2.75, 3.05) is 0 Å². The average molecular weight is 341 g/mol. The van der Waals surface area contributed by atoms with Crippen LogP contribution in [0.3, 0.4) is 0 Å². The van der Waals surface area contributed by atoms with Crippen LogP contribution in [0.4, 0.5) is 4.39 Å². The Labute approximate surface area is 138 Å². The van der Waals surface area contributed by atoms with Crippen molar-refractivity contribution in [3.63, 3.8) is 0 Å². The lowest BCUT2D eigenvalue weighted by atomic mass is 9.92. The Morgan fingerprint density at radius 1 is 1.39 bits per heavy atom. The lowest BCUT2D eigenvalue weighted by Gasteiger charge is -2.28. The second-order valence-corrected chi connectivity index (χ2v) is 5.77. The second-order valence-electron chi connectivity index (χ2n) is 5.36. The minimum Gasteiger partial charge on any atom is -0.483 e. The van der Waals surface area contributed by atoms with Crippen LogP contribution >= 0.6 is 11.6 Å². The van der Waals surface area contributed by atoms with Gasteiger partial charge in [-0.25, -0.2) is 9.37 Å². The highest BCUT2D eigenvalue weighted by Crippen LogP contribution is 2.34. The van der Waals surface area contributed by atoms with Gasteiger partial charge in [-0.15, -0.1) is 0 Å². The van der Waals surface area contributed by atoms with Crippen LogP contribution in [0.15, 0.2) is 30.6 Å². The molecule has 2 N–H and O–H groups in total. The fourth-order valence-electron chi connectivity index (χ4n) is 2.88. The number of imidazole rings is 1. The van der Waals surface area contributed by atoms with E-state index in [0.29, 0.717) is 5.02 Å². The largest absolute Gasteiger partial charge is 0.483 e. The highest BCUT2D eigenvalue weighted by atomic mass is 35.5. The predicted octanol–water partition coefficient (Wildman–Crippen LogP) is 3.52. The topological polar surface area (TPSA) is 75.3 Å². The Morgan fingerprint density at radius 2 is 2.13 bits per heavy atom. The zero-order chi connectivity index (χ0) is 16.8. The molecule has 1 aromatic carbocycles. The summed E-state index contributed by atoms with van der Waals surface area (Å²) in [7, 11) is 0. The molecule has 0 amide bonds. The lowest BCUT2D eigenvalue weighted by molar-refractivity contribution is -0.122. The molecule has 7 heteroatoms. The number of halogens is 2. The molecule has 1 aliphatic carbocycles. The maximum absolute atomic E-state index is 13.2. The fourth-order valence-corrected chi connectivity index (χ4v) is 3.13. The summed E-state index contributed by atoms with van der Waals surface area (Å²) in [6, 6.07) is 4.55. The van der Waals surface area contributed by atoms with Crippen LogP contribution in [0.25, 0.3) is 11.4 Å². The molecule has 5 nitrogen and oxygen atoms in total. The number of hydrogen-bond donors (Lipinski definition) is 2. The molecule has 3 rings (SSSR count). The first-order chi connectivity index (χ1) is 11.1. The van der Waals surface area contributed by atoms with Gasteiger partial charge in [0.05, 0.1) is 11.1 Å². The molecular formula is C16H18ClFN2O3. The minimum absolute atomic E-state index is 0.220. The molecule has 1 aromatic heterocycles. The van der Waals surface area contributed by atoms with Gasteiger partial charge in [0.25, 0.3) is 6.47 Å². The summed E-state index contributed by atoms with van der Waals surface area (Å²) in [5.41, 5.74) is 0.720. The third-order valence-corrected chi connectivity index (χ3v) is 4.17. The van der Waals surface area contributed by atoms with Crippen LogP contribution in [0, 0.1) is 5.82 Å². The average Bonchev–Trinajstić information content (AvgIpc) is 2.97. The van der Waals surface area contributed by atoms with Gasteiger partial charge in [-0.2, -0.15) is 0 Å². The number of hydrogen-bond acceptors (Lipinski definition) is 3. The smallest absolute Gasteiger partial charge is 0.290 e. The number of aliphatic hydroxyl groups is 1. The second kappa shape index (κ2) is 8.08.